The number of rotatable bonds is 14. The van der Waals surface area contributed by atoms with Gasteiger partial charge in [0.25, 0.3) is 0 Å². The van der Waals surface area contributed by atoms with Gasteiger partial charge in [-0.05, 0) is 74.0 Å². The molecular formula is C30H46N2. The van der Waals surface area contributed by atoms with Crippen LogP contribution >= 0.6 is 0 Å². The lowest BCUT2D eigenvalue weighted by molar-refractivity contribution is 0.297. The Balaban J connectivity index is 1.37. The molecule has 0 N–H and O–H groups in total. The average Bonchev–Trinajstić information content (AvgIpc) is 2.84. The van der Waals surface area contributed by atoms with Crippen molar-refractivity contribution in [3.63, 3.8) is 0 Å². The van der Waals surface area contributed by atoms with E-state index in [-0.39, 0.29) is 0 Å². The Morgan fingerprint density at radius 2 is 1.19 bits per heavy atom. The number of benzene rings is 1. The lowest BCUT2D eigenvalue weighted by Crippen LogP contribution is -2.15. The molecule has 0 radical (unpaired) electrons. The number of hydrogen-bond acceptors (Lipinski definition) is 2. The van der Waals surface area contributed by atoms with E-state index in [1.807, 2.05) is 0 Å². The summed E-state index contributed by atoms with van der Waals surface area (Å²) >= 11 is 0. The van der Waals surface area contributed by atoms with Gasteiger partial charge in [0.05, 0.1) is 0 Å². The first-order valence-electron chi connectivity index (χ1n) is 13.7. The van der Waals surface area contributed by atoms with Crippen LogP contribution in [0.4, 0.5) is 0 Å². The molecule has 1 aliphatic rings. The van der Waals surface area contributed by atoms with Gasteiger partial charge < -0.3 is 0 Å². The maximum Gasteiger partial charge on any atom is 0.131 e. The van der Waals surface area contributed by atoms with Crippen LogP contribution in [-0.2, 0) is 19.3 Å². The van der Waals surface area contributed by atoms with Gasteiger partial charge in [0.2, 0.25) is 0 Å². The zero-order chi connectivity index (χ0) is 22.4. The lowest BCUT2D eigenvalue weighted by Gasteiger charge is -2.27. The van der Waals surface area contributed by atoms with Crippen LogP contribution in [0.5, 0.6) is 0 Å². The van der Waals surface area contributed by atoms with Gasteiger partial charge in [-0.1, -0.05) is 89.5 Å². The molecule has 0 atom stereocenters. The van der Waals surface area contributed by atoms with E-state index < -0.39 is 0 Å². The number of nitrogens with zero attached hydrogens (tertiary/aromatic N) is 2. The second kappa shape index (κ2) is 14.4. The lowest BCUT2D eigenvalue weighted by atomic mass is 9.79. The zero-order valence-corrected chi connectivity index (χ0v) is 20.8. The molecular weight excluding hydrogens is 388 g/mol. The zero-order valence-electron chi connectivity index (χ0n) is 20.8. The molecule has 2 aromatic rings. The van der Waals surface area contributed by atoms with Crippen molar-refractivity contribution < 1.29 is 0 Å². The summed E-state index contributed by atoms with van der Waals surface area (Å²) < 4.78 is 0. The fourth-order valence-electron chi connectivity index (χ4n) is 5.19. The van der Waals surface area contributed by atoms with Crippen molar-refractivity contribution in [3.05, 3.63) is 59.2 Å². The van der Waals surface area contributed by atoms with Crippen LogP contribution in [0.25, 0.3) is 0 Å². The Bertz CT molecular complexity index is 726. The molecule has 3 rings (SSSR count). The maximum absolute atomic E-state index is 4.77. The minimum Gasteiger partial charge on any atom is -0.241 e. The minimum atomic E-state index is 0.584. The van der Waals surface area contributed by atoms with Crippen molar-refractivity contribution in [1.29, 1.82) is 0 Å². The summed E-state index contributed by atoms with van der Waals surface area (Å²) in [4.78, 5) is 9.55. The summed E-state index contributed by atoms with van der Waals surface area (Å²) in [5, 5.41) is 0. The fourth-order valence-corrected chi connectivity index (χ4v) is 5.19. The highest BCUT2D eigenvalue weighted by atomic mass is 14.9. The predicted octanol–water partition coefficient (Wildman–Crippen LogP) is 8.63. The molecule has 32 heavy (non-hydrogen) atoms. The summed E-state index contributed by atoms with van der Waals surface area (Å²) in [7, 11) is 0. The first-order valence-corrected chi connectivity index (χ1v) is 13.7. The molecule has 2 nitrogen and oxygen atoms in total. The minimum absolute atomic E-state index is 0.584. The molecule has 1 heterocycles. The van der Waals surface area contributed by atoms with Crippen LogP contribution in [0, 0.1) is 5.92 Å². The van der Waals surface area contributed by atoms with Crippen molar-refractivity contribution in [2.24, 2.45) is 5.92 Å². The molecule has 1 aromatic carbocycles. The highest BCUT2D eigenvalue weighted by Crippen LogP contribution is 2.36. The topological polar surface area (TPSA) is 25.8 Å². The average molecular weight is 435 g/mol. The smallest absolute Gasteiger partial charge is 0.131 e. The Morgan fingerprint density at radius 3 is 1.84 bits per heavy atom. The van der Waals surface area contributed by atoms with Crippen LogP contribution in [0.2, 0.25) is 0 Å². The van der Waals surface area contributed by atoms with Gasteiger partial charge in [0, 0.05) is 18.3 Å². The van der Waals surface area contributed by atoms with Crippen LogP contribution in [0.3, 0.4) is 0 Å². The van der Waals surface area contributed by atoms with Crippen molar-refractivity contribution in [2.45, 2.75) is 122 Å². The molecule has 1 aromatic heterocycles. The van der Waals surface area contributed by atoms with Crippen molar-refractivity contribution >= 4 is 0 Å². The third-order valence-electron chi connectivity index (χ3n) is 7.45. The number of unbranched alkanes of at least 4 members (excludes halogenated alkanes) is 6. The van der Waals surface area contributed by atoms with Crippen LogP contribution in [-0.4, -0.2) is 9.97 Å². The quantitative estimate of drug-likeness (QED) is 0.278. The van der Waals surface area contributed by atoms with E-state index in [4.69, 9.17) is 9.97 Å². The predicted molar refractivity (Wildman–Crippen MR) is 137 cm³/mol. The highest BCUT2D eigenvalue weighted by Gasteiger charge is 2.23. The Hall–Kier alpha value is -1.70. The number of hydrogen-bond donors (Lipinski definition) is 0. The van der Waals surface area contributed by atoms with Crippen LogP contribution in [0.15, 0.2) is 36.7 Å². The normalized spacial score (nSPS) is 18.7. The van der Waals surface area contributed by atoms with Crippen molar-refractivity contribution in [3.8, 4) is 0 Å². The van der Waals surface area contributed by atoms with Crippen molar-refractivity contribution in [2.75, 3.05) is 0 Å². The molecule has 2 heteroatoms. The second-order valence-electron chi connectivity index (χ2n) is 10.1. The second-order valence-corrected chi connectivity index (χ2v) is 10.1. The summed E-state index contributed by atoms with van der Waals surface area (Å²) in [6.07, 6.45) is 25.1. The maximum atomic E-state index is 4.77. The molecule has 1 aliphatic carbocycles. The SMILES string of the molecule is CCCCCCCc1ccc(CCc2cnc([C@H]3CC[C@H](CCCCC)CC3)nc2)cc1. The highest BCUT2D eigenvalue weighted by molar-refractivity contribution is 5.24. The third kappa shape index (κ3) is 8.68. The van der Waals surface area contributed by atoms with E-state index in [0.717, 1.165) is 24.6 Å². The Morgan fingerprint density at radius 1 is 0.625 bits per heavy atom. The van der Waals surface area contributed by atoms with E-state index in [1.165, 1.54) is 107 Å². The molecule has 0 aliphatic heterocycles. The van der Waals surface area contributed by atoms with Gasteiger partial charge in [-0.2, -0.15) is 0 Å². The first kappa shape index (κ1) is 24.9. The van der Waals surface area contributed by atoms with Gasteiger partial charge >= 0.3 is 0 Å². The summed E-state index contributed by atoms with van der Waals surface area (Å²) in [5.74, 6) is 2.62. The third-order valence-corrected chi connectivity index (χ3v) is 7.45. The van der Waals surface area contributed by atoms with E-state index >= 15 is 0 Å². The van der Waals surface area contributed by atoms with Crippen LogP contribution < -0.4 is 0 Å². The molecule has 0 saturated heterocycles. The molecule has 1 saturated carbocycles. The monoisotopic (exact) mass is 434 g/mol. The Labute approximate surface area is 197 Å². The van der Waals surface area contributed by atoms with E-state index in [9.17, 15) is 0 Å². The molecule has 0 bridgehead atoms. The molecule has 0 amide bonds. The summed E-state index contributed by atoms with van der Waals surface area (Å²) in [6, 6.07) is 9.28. The van der Waals surface area contributed by atoms with Crippen LogP contribution in [0.1, 0.15) is 126 Å². The summed E-state index contributed by atoms with van der Waals surface area (Å²) in [5.41, 5.74) is 4.17. The molecule has 1 fully saturated rings. The number of aromatic nitrogens is 2. The summed E-state index contributed by atoms with van der Waals surface area (Å²) in [6.45, 7) is 4.57. The fraction of sp³-hybridized carbons (Fsp3) is 0.667. The van der Waals surface area contributed by atoms with Gasteiger partial charge in [-0.25, -0.2) is 9.97 Å². The van der Waals surface area contributed by atoms with Gasteiger partial charge in [0.1, 0.15) is 5.82 Å². The van der Waals surface area contributed by atoms with E-state index in [1.54, 1.807) is 0 Å². The van der Waals surface area contributed by atoms with Gasteiger partial charge in [-0.3, -0.25) is 0 Å². The largest absolute Gasteiger partial charge is 0.241 e. The van der Waals surface area contributed by atoms with E-state index in [0.29, 0.717) is 5.92 Å². The molecule has 0 spiro atoms. The van der Waals surface area contributed by atoms with Gasteiger partial charge in [0.15, 0.2) is 0 Å². The molecule has 176 valence electrons. The van der Waals surface area contributed by atoms with E-state index in [2.05, 4.69) is 50.5 Å². The number of aryl methyl sites for hydroxylation is 3. The standard InChI is InChI=1S/C30H46N2/c1-3-5-7-8-10-12-25-13-15-27(16-14-25)17-18-28-23-31-30(32-24-28)29-21-19-26(20-22-29)11-9-6-4-2/h13-16,23-24,26,29H,3-12,17-22H2,1-2H3/t26-,29-. The van der Waals surface area contributed by atoms with Gasteiger partial charge in [-0.15, -0.1) is 0 Å². The van der Waals surface area contributed by atoms with Crippen molar-refractivity contribution in [1.82, 2.24) is 9.97 Å². The Kier molecular flexibility index (Phi) is 11.3. The first-order chi connectivity index (χ1) is 15.8. The molecule has 0 unspecified atom stereocenters.